The lowest BCUT2D eigenvalue weighted by molar-refractivity contribution is 0.0420. The monoisotopic (exact) mass is 196 g/mol. The smallest absolute Gasteiger partial charge is 0.115 e. The molecule has 0 saturated carbocycles. The predicted octanol–water partition coefficient (Wildman–Crippen LogP) is 1.19. The summed E-state index contributed by atoms with van der Waals surface area (Å²) in [5, 5.41) is 10.6. The highest BCUT2D eigenvalue weighted by Gasteiger charge is 2.40. The summed E-state index contributed by atoms with van der Waals surface area (Å²) in [7, 11) is 0. The van der Waals surface area contributed by atoms with Crippen molar-refractivity contribution in [3.8, 4) is 0 Å². The Balaban J connectivity index is 2.34. The highest BCUT2D eigenvalue weighted by atomic mass is 32.2. The molecule has 1 aromatic heterocycles. The molecule has 1 aliphatic heterocycles. The molecule has 0 bridgehead atoms. The molecule has 1 N–H and O–H groups in total. The second-order valence-electron chi connectivity index (χ2n) is 3.31. The highest BCUT2D eigenvalue weighted by molar-refractivity contribution is 8.00. The Morgan fingerprint density at radius 2 is 2.23 bits per heavy atom. The molecule has 4 heteroatoms. The fraction of sp³-hybridized carbons (Fsp3) is 0.556. The predicted molar refractivity (Wildman–Crippen MR) is 52.5 cm³/mol. The van der Waals surface area contributed by atoms with Crippen molar-refractivity contribution in [2.45, 2.75) is 24.2 Å². The maximum atomic E-state index is 10.3. The third-order valence-electron chi connectivity index (χ3n) is 2.58. The van der Waals surface area contributed by atoms with E-state index < -0.39 is 5.60 Å². The SMILES string of the molecule is CC1SCCC1(O)c1cncnc1. The zero-order valence-electron chi connectivity index (χ0n) is 7.47. The van der Waals surface area contributed by atoms with E-state index in [2.05, 4.69) is 9.97 Å². The Labute approximate surface area is 81.6 Å². The Morgan fingerprint density at radius 3 is 2.77 bits per heavy atom. The minimum Gasteiger partial charge on any atom is -0.384 e. The third kappa shape index (κ3) is 1.44. The lowest BCUT2D eigenvalue weighted by Crippen LogP contribution is -2.31. The van der Waals surface area contributed by atoms with Crippen LogP contribution in [0.1, 0.15) is 18.9 Å². The van der Waals surface area contributed by atoms with Gasteiger partial charge >= 0.3 is 0 Å². The number of aromatic nitrogens is 2. The molecule has 0 amide bonds. The van der Waals surface area contributed by atoms with E-state index in [9.17, 15) is 5.11 Å². The molecule has 1 aromatic rings. The van der Waals surface area contributed by atoms with Crippen LogP contribution in [0.25, 0.3) is 0 Å². The Kier molecular flexibility index (Phi) is 2.26. The minimum atomic E-state index is -0.716. The molecule has 70 valence electrons. The molecular formula is C9H12N2OS. The largest absolute Gasteiger partial charge is 0.384 e. The summed E-state index contributed by atoms with van der Waals surface area (Å²) < 4.78 is 0. The van der Waals surface area contributed by atoms with Gasteiger partial charge in [0.25, 0.3) is 0 Å². The van der Waals surface area contributed by atoms with Crippen molar-refractivity contribution in [2.75, 3.05) is 5.75 Å². The average molecular weight is 196 g/mol. The van der Waals surface area contributed by atoms with Gasteiger partial charge in [0, 0.05) is 23.2 Å². The lowest BCUT2D eigenvalue weighted by Gasteiger charge is -2.26. The fourth-order valence-electron chi connectivity index (χ4n) is 1.63. The van der Waals surface area contributed by atoms with Crippen LogP contribution in [0.15, 0.2) is 18.7 Å². The number of nitrogens with zero attached hydrogens (tertiary/aromatic N) is 2. The first-order chi connectivity index (χ1) is 6.23. The molecule has 2 rings (SSSR count). The zero-order chi connectivity index (χ0) is 9.31. The van der Waals surface area contributed by atoms with Gasteiger partial charge in [0.2, 0.25) is 0 Å². The van der Waals surface area contributed by atoms with E-state index in [1.807, 2.05) is 6.92 Å². The molecule has 1 saturated heterocycles. The van der Waals surface area contributed by atoms with Gasteiger partial charge in [-0.15, -0.1) is 0 Å². The van der Waals surface area contributed by atoms with Crippen LogP contribution >= 0.6 is 11.8 Å². The molecule has 2 heterocycles. The first-order valence-corrected chi connectivity index (χ1v) is 5.38. The molecule has 3 nitrogen and oxygen atoms in total. The van der Waals surface area contributed by atoms with Gasteiger partial charge in [-0.05, 0) is 12.2 Å². The molecule has 0 spiro atoms. The normalized spacial score (nSPS) is 33.5. The fourth-order valence-corrected chi connectivity index (χ4v) is 2.95. The molecule has 0 aromatic carbocycles. The highest BCUT2D eigenvalue weighted by Crippen LogP contribution is 2.42. The Hall–Kier alpha value is -0.610. The Morgan fingerprint density at radius 1 is 1.54 bits per heavy atom. The maximum Gasteiger partial charge on any atom is 0.115 e. The molecule has 2 unspecified atom stereocenters. The van der Waals surface area contributed by atoms with E-state index in [1.54, 1.807) is 24.2 Å². The molecular weight excluding hydrogens is 184 g/mol. The first-order valence-electron chi connectivity index (χ1n) is 4.33. The van der Waals surface area contributed by atoms with Crippen molar-refractivity contribution >= 4 is 11.8 Å². The number of hydrogen-bond acceptors (Lipinski definition) is 4. The van der Waals surface area contributed by atoms with Crippen molar-refractivity contribution in [1.82, 2.24) is 9.97 Å². The van der Waals surface area contributed by atoms with Gasteiger partial charge < -0.3 is 5.11 Å². The molecule has 1 fully saturated rings. The van der Waals surface area contributed by atoms with E-state index in [-0.39, 0.29) is 5.25 Å². The number of thioether (sulfide) groups is 1. The average Bonchev–Trinajstić information content (AvgIpc) is 2.50. The summed E-state index contributed by atoms with van der Waals surface area (Å²) >= 11 is 1.79. The zero-order valence-corrected chi connectivity index (χ0v) is 8.29. The van der Waals surface area contributed by atoms with E-state index >= 15 is 0 Å². The summed E-state index contributed by atoms with van der Waals surface area (Å²) in [4.78, 5) is 7.86. The van der Waals surface area contributed by atoms with Gasteiger partial charge in [0.1, 0.15) is 11.9 Å². The third-order valence-corrected chi connectivity index (χ3v) is 3.91. The van der Waals surface area contributed by atoms with E-state index in [4.69, 9.17) is 0 Å². The molecule has 0 aliphatic carbocycles. The van der Waals surface area contributed by atoms with Gasteiger partial charge in [-0.1, -0.05) is 6.92 Å². The van der Waals surface area contributed by atoms with Crippen molar-refractivity contribution in [2.24, 2.45) is 0 Å². The molecule has 1 aliphatic rings. The van der Waals surface area contributed by atoms with Gasteiger partial charge in [0.15, 0.2) is 0 Å². The van der Waals surface area contributed by atoms with Crippen molar-refractivity contribution in [3.05, 3.63) is 24.3 Å². The quantitative estimate of drug-likeness (QED) is 0.733. The van der Waals surface area contributed by atoms with E-state index in [1.165, 1.54) is 6.33 Å². The van der Waals surface area contributed by atoms with E-state index in [0.717, 1.165) is 17.7 Å². The molecule has 13 heavy (non-hydrogen) atoms. The van der Waals surface area contributed by atoms with Crippen LogP contribution in [0.2, 0.25) is 0 Å². The van der Waals surface area contributed by atoms with E-state index in [0.29, 0.717) is 0 Å². The van der Waals surface area contributed by atoms with Crippen molar-refractivity contribution in [3.63, 3.8) is 0 Å². The molecule has 2 atom stereocenters. The number of rotatable bonds is 1. The summed E-state index contributed by atoms with van der Waals surface area (Å²) in [5.41, 5.74) is 0.124. The van der Waals surface area contributed by atoms with Crippen LogP contribution < -0.4 is 0 Å². The summed E-state index contributed by atoms with van der Waals surface area (Å²) in [5.74, 6) is 1.01. The second kappa shape index (κ2) is 3.27. The van der Waals surface area contributed by atoms with Crippen LogP contribution in [-0.2, 0) is 5.60 Å². The van der Waals surface area contributed by atoms with Crippen LogP contribution in [0.4, 0.5) is 0 Å². The summed E-state index contributed by atoms with van der Waals surface area (Å²) in [6.45, 7) is 2.05. The lowest BCUT2D eigenvalue weighted by atomic mass is 9.91. The van der Waals surface area contributed by atoms with Gasteiger partial charge in [-0.25, -0.2) is 9.97 Å². The van der Waals surface area contributed by atoms with Gasteiger partial charge in [-0.2, -0.15) is 11.8 Å². The minimum absolute atomic E-state index is 0.235. The second-order valence-corrected chi connectivity index (χ2v) is 4.76. The number of aliphatic hydroxyl groups is 1. The van der Waals surface area contributed by atoms with Crippen LogP contribution in [-0.4, -0.2) is 26.1 Å². The first kappa shape index (κ1) is 8.97. The van der Waals surface area contributed by atoms with Gasteiger partial charge in [0.05, 0.1) is 0 Å². The van der Waals surface area contributed by atoms with Crippen LogP contribution in [0.3, 0.4) is 0 Å². The topological polar surface area (TPSA) is 46.0 Å². The van der Waals surface area contributed by atoms with Crippen molar-refractivity contribution < 1.29 is 5.11 Å². The summed E-state index contributed by atoms with van der Waals surface area (Å²) in [6.07, 6.45) is 5.69. The standard InChI is InChI=1S/C9H12N2OS/c1-7-9(12,2-3-13-7)8-4-10-6-11-5-8/h4-7,12H,2-3H2,1H3. The van der Waals surface area contributed by atoms with Crippen LogP contribution in [0.5, 0.6) is 0 Å². The number of hydrogen-bond donors (Lipinski definition) is 1. The van der Waals surface area contributed by atoms with Crippen LogP contribution in [0, 0.1) is 0 Å². The molecule has 0 radical (unpaired) electrons. The Bertz CT molecular complexity index is 293. The summed E-state index contributed by atoms with van der Waals surface area (Å²) in [6, 6.07) is 0. The van der Waals surface area contributed by atoms with Gasteiger partial charge in [-0.3, -0.25) is 0 Å². The van der Waals surface area contributed by atoms with Crippen molar-refractivity contribution in [1.29, 1.82) is 0 Å². The maximum absolute atomic E-state index is 10.3.